The van der Waals surface area contributed by atoms with Crippen LogP contribution in [-0.4, -0.2) is 17.0 Å². The number of nitrogens with zero attached hydrogens (tertiary/aromatic N) is 1. The van der Waals surface area contributed by atoms with Gasteiger partial charge in [-0.15, -0.1) is 0 Å². The van der Waals surface area contributed by atoms with Gasteiger partial charge in [-0.1, -0.05) is 35.9 Å². The fourth-order valence-corrected chi connectivity index (χ4v) is 2.49. The summed E-state index contributed by atoms with van der Waals surface area (Å²) in [7, 11) is 0. The number of hydrogen-bond donors (Lipinski definition) is 1. The summed E-state index contributed by atoms with van der Waals surface area (Å²) in [5, 5.41) is 4.26. The molecule has 1 atom stereocenters. The number of hydrogen-bond acceptors (Lipinski definition) is 3. The minimum atomic E-state index is -0.684. The minimum absolute atomic E-state index is 0.260. The Kier molecular flexibility index (Phi) is 4.67. The van der Waals surface area contributed by atoms with Gasteiger partial charge in [0, 0.05) is 5.39 Å². The van der Waals surface area contributed by atoms with Crippen LogP contribution >= 0.6 is 11.6 Å². The van der Waals surface area contributed by atoms with Gasteiger partial charge in [0.25, 0.3) is 5.91 Å². The fraction of sp³-hybridized carbons (Fsp3) is 0.158. The Labute approximate surface area is 145 Å². The highest BCUT2D eigenvalue weighted by Crippen LogP contribution is 2.26. The fourth-order valence-electron chi connectivity index (χ4n) is 2.33. The Hall–Kier alpha value is -2.59. The Morgan fingerprint density at radius 1 is 1.21 bits per heavy atom. The highest BCUT2D eigenvalue weighted by molar-refractivity contribution is 6.32. The lowest BCUT2D eigenvalue weighted by atomic mass is 10.2. The van der Waals surface area contributed by atoms with Gasteiger partial charge in [-0.3, -0.25) is 9.78 Å². The van der Waals surface area contributed by atoms with Crippen molar-refractivity contribution < 1.29 is 9.53 Å². The Morgan fingerprint density at radius 2 is 2.00 bits per heavy atom. The minimum Gasteiger partial charge on any atom is -0.479 e. The van der Waals surface area contributed by atoms with Gasteiger partial charge in [0.2, 0.25) is 0 Å². The smallest absolute Gasteiger partial charge is 0.265 e. The molecular weight excluding hydrogens is 324 g/mol. The molecule has 1 N–H and O–H groups in total. The zero-order valence-electron chi connectivity index (χ0n) is 13.4. The molecule has 0 aliphatic carbocycles. The van der Waals surface area contributed by atoms with Crippen LogP contribution in [0, 0.1) is 6.92 Å². The summed E-state index contributed by atoms with van der Waals surface area (Å²) < 4.78 is 5.68. The lowest BCUT2D eigenvalue weighted by molar-refractivity contribution is -0.122. The number of anilines is 1. The van der Waals surface area contributed by atoms with E-state index >= 15 is 0 Å². The molecular formula is C19H17ClN2O2. The zero-order valence-corrected chi connectivity index (χ0v) is 14.2. The third-order valence-electron chi connectivity index (χ3n) is 3.62. The van der Waals surface area contributed by atoms with E-state index in [0.29, 0.717) is 16.5 Å². The second-order valence-electron chi connectivity index (χ2n) is 5.60. The highest BCUT2D eigenvalue weighted by Gasteiger charge is 2.16. The number of pyridine rings is 1. The summed E-state index contributed by atoms with van der Waals surface area (Å²) in [6.45, 7) is 3.62. The molecule has 0 bridgehead atoms. The molecule has 0 radical (unpaired) electrons. The van der Waals surface area contributed by atoms with Crippen molar-refractivity contribution >= 4 is 34.1 Å². The SMILES string of the molecule is Cc1ccc(Cl)c(O[C@H](C)C(=O)Nc2cnc3ccccc3c2)c1. The van der Waals surface area contributed by atoms with Gasteiger partial charge in [-0.05, 0) is 43.7 Å². The number of amides is 1. The first-order chi connectivity index (χ1) is 11.5. The molecule has 24 heavy (non-hydrogen) atoms. The predicted octanol–water partition coefficient (Wildman–Crippen LogP) is 4.60. The summed E-state index contributed by atoms with van der Waals surface area (Å²) >= 11 is 6.10. The summed E-state index contributed by atoms with van der Waals surface area (Å²) in [4.78, 5) is 16.7. The molecule has 0 spiro atoms. The quantitative estimate of drug-likeness (QED) is 0.755. The van der Waals surface area contributed by atoms with Crippen molar-refractivity contribution in [3.05, 3.63) is 65.3 Å². The first-order valence-corrected chi connectivity index (χ1v) is 7.99. The largest absolute Gasteiger partial charge is 0.479 e. The molecule has 3 rings (SSSR count). The van der Waals surface area contributed by atoms with Crippen LogP contribution in [0.5, 0.6) is 5.75 Å². The van der Waals surface area contributed by atoms with E-state index < -0.39 is 6.10 Å². The van der Waals surface area contributed by atoms with Crippen LogP contribution in [0.15, 0.2) is 54.7 Å². The van der Waals surface area contributed by atoms with Crippen molar-refractivity contribution in [2.24, 2.45) is 0 Å². The standard InChI is InChI=1S/C19H17ClN2O2/c1-12-7-8-16(20)18(9-12)24-13(2)19(23)22-15-10-14-5-3-4-6-17(14)21-11-15/h3-11,13H,1-2H3,(H,22,23)/t13-/m1/s1. The van der Waals surface area contributed by atoms with Crippen LogP contribution in [0.2, 0.25) is 5.02 Å². The first kappa shape index (κ1) is 16.3. The molecule has 0 fully saturated rings. The number of carbonyl (C=O) groups excluding carboxylic acids is 1. The van der Waals surface area contributed by atoms with E-state index in [4.69, 9.17) is 16.3 Å². The summed E-state index contributed by atoms with van der Waals surface area (Å²) in [5.41, 5.74) is 2.52. The van der Waals surface area contributed by atoms with Crippen LogP contribution in [0.1, 0.15) is 12.5 Å². The van der Waals surface area contributed by atoms with E-state index in [0.717, 1.165) is 16.5 Å². The number of para-hydroxylation sites is 1. The molecule has 122 valence electrons. The van der Waals surface area contributed by atoms with E-state index in [-0.39, 0.29) is 5.91 Å². The Bertz CT molecular complexity index is 895. The molecule has 1 amide bonds. The monoisotopic (exact) mass is 340 g/mol. The average Bonchev–Trinajstić information content (AvgIpc) is 2.58. The zero-order chi connectivity index (χ0) is 17.1. The molecule has 0 saturated heterocycles. The number of rotatable bonds is 4. The number of benzene rings is 2. The van der Waals surface area contributed by atoms with E-state index in [1.807, 2.05) is 49.4 Å². The maximum Gasteiger partial charge on any atom is 0.265 e. The van der Waals surface area contributed by atoms with Crippen molar-refractivity contribution in [2.45, 2.75) is 20.0 Å². The molecule has 1 heterocycles. The third-order valence-corrected chi connectivity index (χ3v) is 3.93. The van der Waals surface area contributed by atoms with Gasteiger partial charge < -0.3 is 10.1 Å². The Morgan fingerprint density at radius 3 is 2.83 bits per heavy atom. The lowest BCUT2D eigenvalue weighted by Gasteiger charge is -2.16. The van der Waals surface area contributed by atoms with Crippen molar-refractivity contribution in [2.75, 3.05) is 5.32 Å². The summed E-state index contributed by atoms with van der Waals surface area (Å²) in [6.07, 6.45) is 0.947. The van der Waals surface area contributed by atoms with Crippen molar-refractivity contribution in [3.63, 3.8) is 0 Å². The van der Waals surface area contributed by atoms with Gasteiger partial charge in [-0.2, -0.15) is 0 Å². The number of ether oxygens (including phenoxy) is 1. The third kappa shape index (κ3) is 3.66. The number of fused-ring (bicyclic) bond motifs is 1. The molecule has 2 aromatic carbocycles. The number of aromatic nitrogens is 1. The molecule has 1 aromatic heterocycles. The average molecular weight is 341 g/mol. The molecule has 4 nitrogen and oxygen atoms in total. The van der Waals surface area contributed by atoms with E-state index in [9.17, 15) is 4.79 Å². The molecule has 0 aliphatic rings. The normalized spacial score (nSPS) is 12.0. The van der Waals surface area contributed by atoms with Crippen LogP contribution in [0.4, 0.5) is 5.69 Å². The summed E-state index contributed by atoms with van der Waals surface area (Å²) in [6, 6.07) is 15.1. The molecule has 3 aromatic rings. The lowest BCUT2D eigenvalue weighted by Crippen LogP contribution is -2.30. The van der Waals surface area contributed by atoms with Gasteiger partial charge in [0.1, 0.15) is 5.75 Å². The number of nitrogens with one attached hydrogen (secondary N) is 1. The van der Waals surface area contributed by atoms with Gasteiger partial charge in [0.15, 0.2) is 6.10 Å². The highest BCUT2D eigenvalue weighted by atomic mass is 35.5. The topological polar surface area (TPSA) is 51.2 Å². The van der Waals surface area contributed by atoms with E-state index in [2.05, 4.69) is 10.3 Å². The maximum atomic E-state index is 12.3. The predicted molar refractivity (Wildman–Crippen MR) is 96.7 cm³/mol. The first-order valence-electron chi connectivity index (χ1n) is 7.61. The van der Waals surface area contributed by atoms with E-state index in [1.54, 1.807) is 19.2 Å². The van der Waals surface area contributed by atoms with Gasteiger partial charge >= 0.3 is 0 Å². The molecule has 5 heteroatoms. The van der Waals surface area contributed by atoms with Crippen molar-refractivity contribution in [1.29, 1.82) is 0 Å². The Balaban J connectivity index is 1.72. The second kappa shape index (κ2) is 6.89. The van der Waals surface area contributed by atoms with Crippen LogP contribution in [0.3, 0.4) is 0 Å². The molecule has 0 saturated carbocycles. The molecule has 0 unspecified atom stereocenters. The van der Waals surface area contributed by atoms with Crippen molar-refractivity contribution in [3.8, 4) is 5.75 Å². The number of halogens is 1. The maximum absolute atomic E-state index is 12.3. The molecule has 0 aliphatic heterocycles. The van der Waals surface area contributed by atoms with Crippen LogP contribution in [0.25, 0.3) is 10.9 Å². The number of aryl methyl sites for hydroxylation is 1. The number of carbonyl (C=O) groups is 1. The van der Waals surface area contributed by atoms with Gasteiger partial charge in [0.05, 0.1) is 22.4 Å². The van der Waals surface area contributed by atoms with Crippen LogP contribution in [-0.2, 0) is 4.79 Å². The van der Waals surface area contributed by atoms with E-state index in [1.165, 1.54) is 0 Å². The van der Waals surface area contributed by atoms with Gasteiger partial charge in [-0.25, -0.2) is 0 Å². The second-order valence-corrected chi connectivity index (χ2v) is 6.01. The van der Waals surface area contributed by atoms with Crippen LogP contribution < -0.4 is 10.1 Å². The van der Waals surface area contributed by atoms with Crippen molar-refractivity contribution in [1.82, 2.24) is 4.98 Å². The summed E-state index contributed by atoms with van der Waals surface area (Å²) in [5.74, 6) is 0.237.